The molecule has 0 saturated heterocycles. The smallest absolute Gasteiger partial charge is 0.276 e. The molecule has 0 radical (unpaired) electrons. The molecule has 2 amide bonds. The van der Waals surface area contributed by atoms with Crippen LogP contribution in [0.1, 0.15) is 37.3 Å². The lowest BCUT2D eigenvalue weighted by Gasteiger charge is -2.28. The van der Waals surface area contributed by atoms with Crippen molar-refractivity contribution in [3.05, 3.63) is 12.0 Å². The van der Waals surface area contributed by atoms with Crippen molar-refractivity contribution in [3.63, 3.8) is 0 Å². The first kappa shape index (κ1) is 19.8. The van der Waals surface area contributed by atoms with Gasteiger partial charge in [0.1, 0.15) is 6.61 Å². The Morgan fingerprint density at radius 1 is 1.38 bits per heavy atom. The van der Waals surface area contributed by atoms with Crippen LogP contribution in [-0.4, -0.2) is 78.3 Å². The summed E-state index contributed by atoms with van der Waals surface area (Å²) in [4.78, 5) is 35.7. The molecule has 0 aliphatic heterocycles. The zero-order valence-electron chi connectivity index (χ0n) is 15.3. The minimum Gasteiger partial charge on any atom is -0.375 e. The number of nitrogens with zero attached hydrogens (tertiary/aromatic N) is 5. The van der Waals surface area contributed by atoms with E-state index in [9.17, 15) is 9.59 Å². The first-order chi connectivity index (χ1) is 11.2. The average molecular weight is 337 g/mol. The number of carbonyl (C=O) groups excluding carboxylic acids is 2. The van der Waals surface area contributed by atoms with Crippen molar-refractivity contribution in [2.45, 2.75) is 32.9 Å². The van der Waals surface area contributed by atoms with E-state index in [4.69, 9.17) is 4.74 Å². The summed E-state index contributed by atoms with van der Waals surface area (Å²) < 4.78 is 6.65. The lowest BCUT2D eigenvalue weighted by atomic mass is 10.2. The van der Waals surface area contributed by atoms with Crippen molar-refractivity contribution >= 4 is 24.3 Å². The average Bonchev–Trinajstić information content (AvgIpc) is 2.97. The molecular weight excluding hydrogens is 310 g/mol. The monoisotopic (exact) mass is 337 g/mol. The van der Waals surface area contributed by atoms with E-state index >= 15 is 0 Å². The number of likely N-dealkylation sites (N-methyl/N-ethyl adjacent to an activating group) is 2. The van der Waals surface area contributed by atoms with Gasteiger partial charge in [-0.15, -0.1) is 0 Å². The van der Waals surface area contributed by atoms with Gasteiger partial charge in [-0.1, -0.05) is 0 Å². The summed E-state index contributed by atoms with van der Waals surface area (Å²) in [7, 11) is 4.84. The Balaban J connectivity index is 2.85. The van der Waals surface area contributed by atoms with Crippen molar-refractivity contribution < 1.29 is 14.3 Å². The Morgan fingerprint density at radius 3 is 2.50 bits per heavy atom. The highest BCUT2D eigenvalue weighted by molar-refractivity contribution is 5.96. The third kappa shape index (κ3) is 4.41. The van der Waals surface area contributed by atoms with Crippen molar-refractivity contribution in [3.8, 4) is 0 Å². The number of aliphatic imine (C=N–C) groups is 1. The number of amides is 2. The van der Waals surface area contributed by atoms with E-state index in [1.807, 2.05) is 20.8 Å². The second kappa shape index (κ2) is 8.58. The van der Waals surface area contributed by atoms with Gasteiger partial charge < -0.3 is 19.1 Å². The van der Waals surface area contributed by atoms with Gasteiger partial charge in [-0.05, 0) is 27.5 Å². The second-order valence-electron chi connectivity index (χ2n) is 6.05. The first-order valence-corrected chi connectivity index (χ1v) is 7.78. The predicted molar refractivity (Wildman–Crippen MR) is 92.9 cm³/mol. The molecule has 24 heavy (non-hydrogen) atoms. The standard InChI is InChI=1S/C16H27N5O3/c1-11(2)21-10-18-14(15(21)17-4)16(23)19(5)8-12(3)20(6)13(22)9-24-7/h10-12H,4,8-9H2,1-3,5-7H3/t12-/m0/s1. The zero-order valence-corrected chi connectivity index (χ0v) is 15.3. The fourth-order valence-corrected chi connectivity index (χ4v) is 2.29. The Kier molecular flexibility index (Phi) is 7.09. The van der Waals surface area contributed by atoms with Gasteiger partial charge in [0.05, 0.1) is 6.33 Å². The number of aromatic nitrogens is 2. The summed E-state index contributed by atoms with van der Waals surface area (Å²) in [5.74, 6) is 0.0675. The maximum Gasteiger partial charge on any atom is 0.276 e. The van der Waals surface area contributed by atoms with Crippen molar-refractivity contribution in [2.24, 2.45) is 4.99 Å². The van der Waals surface area contributed by atoms with E-state index in [1.165, 1.54) is 12.0 Å². The van der Waals surface area contributed by atoms with Crippen LogP contribution in [0.4, 0.5) is 5.82 Å². The Hall–Kier alpha value is -2.22. The number of ether oxygens (including phenoxy) is 1. The molecule has 1 aromatic rings. The Bertz CT molecular complexity index is 597. The van der Waals surface area contributed by atoms with E-state index in [1.54, 1.807) is 29.9 Å². The SMILES string of the molecule is C=Nc1c(C(=O)N(C)C[C@H](C)N(C)C(=O)COC)ncn1C(C)C. The van der Waals surface area contributed by atoms with Gasteiger partial charge in [-0.2, -0.15) is 0 Å². The number of hydrogen-bond acceptors (Lipinski definition) is 5. The van der Waals surface area contributed by atoms with Crippen LogP contribution in [0.15, 0.2) is 11.3 Å². The summed E-state index contributed by atoms with van der Waals surface area (Å²) in [6, 6.07) is -0.0319. The minimum atomic E-state index is -0.253. The molecule has 1 atom stereocenters. The molecule has 1 heterocycles. The van der Waals surface area contributed by atoms with Gasteiger partial charge in [0.15, 0.2) is 11.5 Å². The van der Waals surface area contributed by atoms with Gasteiger partial charge in [-0.25, -0.2) is 9.98 Å². The van der Waals surface area contributed by atoms with Crippen molar-refractivity contribution in [2.75, 3.05) is 34.4 Å². The number of hydrogen-bond donors (Lipinski definition) is 0. The topological polar surface area (TPSA) is 80.0 Å². The fraction of sp³-hybridized carbons (Fsp3) is 0.625. The molecule has 0 aliphatic carbocycles. The molecule has 1 rings (SSSR count). The van der Waals surface area contributed by atoms with Gasteiger partial charge >= 0.3 is 0 Å². The van der Waals surface area contributed by atoms with Gasteiger partial charge in [-0.3, -0.25) is 9.59 Å². The largest absolute Gasteiger partial charge is 0.375 e. The molecule has 0 unspecified atom stereocenters. The lowest BCUT2D eigenvalue weighted by Crippen LogP contribution is -2.45. The van der Waals surface area contributed by atoms with Crippen molar-refractivity contribution in [1.82, 2.24) is 19.4 Å². The lowest BCUT2D eigenvalue weighted by molar-refractivity contribution is -0.135. The fourth-order valence-electron chi connectivity index (χ4n) is 2.29. The maximum absolute atomic E-state index is 12.6. The molecule has 134 valence electrons. The zero-order chi connectivity index (χ0) is 18.4. The highest BCUT2D eigenvalue weighted by Gasteiger charge is 2.24. The molecule has 0 N–H and O–H groups in total. The van der Waals surface area contributed by atoms with Crippen LogP contribution in [-0.2, 0) is 9.53 Å². The first-order valence-electron chi connectivity index (χ1n) is 7.78. The summed E-state index contributed by atoms with van der Waals surface area (Å²) in [5, 5.41) is 0. The molecule has 0 spiro atoms. The van der Waals surface area contributed by atoms with Crippen molar-refractivity contribution in [1.29, 1.82) is 0 Å². The van der Waals surface area contributed by atoms with Crippen LogP contribution in [0.3, 0.4) is 0 Å². The number of carbonyl (C=O) groups is 2. The molecule has 0 saturated carbocycles. The van der Waals surface area contributed by atoms with E-state index in [-0.39, 0.29) is 36.2 Å². The Labute approximate surface area is 143 Å². The van der Waals surface area contributed by atoms with Crippen LogP contribution in [0, 0.1) is 0 Å². The van der Waals surface area contributed by atoms with E-state index in [0.717, 1.165) is 0 Å². The van der Waals surface area contributed by atoms with Crippen LogP contribution in [0.5, 0.6) is 0 Å². The van der Waals surface area contributed by atoms with Gasteiger partial charge in [0.25, 0.3) is 5.91 Å². The maximum atomic E-state index is 12.6. The van der Waals surface area contributed by atoms with Crippen LogP contribution < -0.4 is 0 Å². The third-order valence-corrected chi connectivity index (χ3v) is 3.88. The molecule has 0 aromatic carbocycles. The molecule has 0 aliphatic rings. The summed E-state index contributed by atoms with van der Waals surface area (Å²) in [6.45, 7) is 9.75. The second-order valence-corrected chi connectivity index (χ2v) is 6.05. The highest BCUT2D eigenvalue weighted by atomic mass is 16.5. The quantitative estimate of drug-likeness (QED) is 0.671. The summed E-state index contributed by atoms with van der Waals surface area (Å²) >= 11 is 0. The normalized spacial score (nSPS) is 12.1. The van der Waals surface area contributed by atoms with E-state index in [2.05, 4.69) is 16.7 Å². The van der Waals surface area contributed by atoms with Crippen LogP contribution in [0.2, 0.25) is 0 Å². The number of methoxy groups -OCH3 is 1. The molecule has 0 bridgehead atoms. The minimum absolute atomic E-state index is 0.0157. The highest BCUT2D eigenvalue weighted by Crippen LogP contribution is 2.23. The number of rotatable bonds is 8. The Morgan fingerprint density at radius 2 is 2.00 bits per heavy atom. The number of imidazole rings is 1. The van der Waals surface area contributed by atoms with Crippen LogP contribution in [0.25, 0.3) is 0 Å². The van der Waals surface area contributed by atoms with Crippen LogP contribution >= 0.6 is 0 Å². The van der Waals surface area contributed by atoms with Gasteiger partial charge in [0, 0.05) is 39.8 Å². The molecule has 8 nitrogen and oxygen atoms in total. The van der Waals surface area contributed by atoms with Gasteiger partial charge in [0.2, 0.25) is 5.91 Å². The van der Waals surface area contributed by atoms with E-state index in [0.29, 0.717) is 12.4 Å². The predicted octanol–water partition coefficient (Wildman–Crippen LogP) is 1.36. The summed E-state index contributed by atoms with van der Waals surface area (Å²) in [5.41, 5.74) is 0.263. The van der Waals surface area contributed by atoms with E-state index < -0.39 is 0 Å². The molecule has 1 aromatic heterocycles. The molecular formula is C16H27N5O3. The molecule has 8 heteroatoms. The molecule has 0 fully saturated rings. The summed E-state index contributed by atoms with van der Waals surface area (Å²) in [6.07, 6.45) is 1.59. The third-order valence-electron chi connectivity index (χ3n) is 3.88.